The van der Waals surface area contributed by atoms with Gasteiger partial charge in [-0.3, -0.25) is 4.79 Å². The summed E-state index contributed by atoms with van der Waals surface area (Å²) in [5, 5.41) is 14.4. The molecule has 0 bridgehead atoms. The number of nitrogens with one attached hydrogen (secondary N) is 2. The van der Waals surface area contributed by atoms with Crippen LogP contribution in [-0.2, 0) is 0 Å². The first-order valence-corrected chi connectivity index (χ1v) is 10.8. The van der Waals surface area contributed by atoms with Crippen molar-refractivity contribution >= 4 is 50.6 Å². The van der Waals surface area contributed by atoms with Crippen molar-refractivity contribution in [2.75, 3.05) is 17.2 Å². The predicted molar refractivity (Wildman–Crippen MR) is 116 cm³/mol. The van der Waals surface area contributed by atoms with E-state index in [0.717, 1.165) is 28.7 Å². The molecule has 2 heterocycles. The molecule has 1 atom stereocenters. The zero-order valence-electron chi connectivity index (χ0n) is 15.6. The molecular weight excluding hydrogens is 473 g/mol. The van der Waals surface area contributed by atoms with Gasteiger partial charge in [0.25, 0.3) is 5.91 Å². The third-order valence-corrected chi connectivity index (χ3v) is 6.16. The number of aromatic nitrogens is 2. The molecule has 10 heteroatoms. The van der Waals surface area contributed by atoms with Crippen molar-refractivity contribution in [1.29, 1.82) is 0 Å². The summed E-state index contributed by atoms with van der Waals surface area (Å²) in [6.07, 6.45) is 1.58. The van der Waals surface area contributed by atoms with Crippen molar-refractivity contribution in [1.82, 2.24) is 15.1 Å². The monoisotopic (exact) mass is 489 g/mol. The molecule has 0 saturated carbocycles. The molecule has 0 spiro atoms. The lowest BCUT2D eigenvalue weighted by Gasteiger charge is -2.23. The lowest BCUT2D eigenvalue weighted by molar-refractivity contribution is 0.102. The molecule has 0 aliphatic carbocycles. The highest BCUT2D eigenvalue weighted by molar-refractivity contribution is 9.10. The number of carbonyl (C=O) groups is 2. The van der Waals surface area contributed by atoms with E-state index in [0.29, 0.717) is 22.9 Å². The Morgan fingerprint density at radius 1 is 1.10 bits per heavy atom. The fraction of sp³-hybridized carbons (Fsp3) is 0.200. The van der Waals surface area contributed by atoms with Crippen LogP contribution in [0.1, 0.15) is 33.7 Å². The SMILES string of the molecule is O=C(Nc1cccc(F)c1)c1nnc(C2CCCN2C(=O)Nc2ccc(Br)cc2)s1. The molecule has 7 nitrogen and oxygen atoms in total. The quantitative estimate of drug-likeness (QED) is 0.535. The highest BCUT2D eigenvalue weighted by Gasteiger charge is 2.33. The average molecular weight is 490 g/mol. The van der Waals surface area contributed by atoms with Gasteiger partial charge < -0.3 is 15.5 Å². The zero-order chi connectivity index (χ0) is 21.1. The largest absolute Gasteiger partial charge is 0.322 e. The molecule has 1 aliphatic heterocycles. The number of anilines is 2. The molecule has 4 rings (SSSR count). The molecule has 1 fully saturated rings. The number of likely N-dealkylation sites (tertiary alicyclic amines) is 1. The fourth-order valence-corrected chi connectivity index (χ4v) is 4.36. The third-order valence-electron chi connectivity index (χ3n) is 4.61. The number of carbonyl (C=O) groups excluding carboxylic acids is 2. The Morgan fingerprint density at radius 3 is 2.67 bits per heavy atom. The van der Waals surface area contributed by atoms with Gasteiger partial charge in [-0.2, -0.15) is 0 Å². The van der Waals surface area contributed by atoms with E-state index in [9.17, 15) is 14.0 Å². The van der Waals surface area contributed by atoms with E-state index in [1.165, 1.54) is 18.2 Å². The van der Waals surface area contributed by atoms with Gasteiger partial charge in [0.2, 0.25) is 5.01 Å². The Balaban J connectivity index is 1.44. The maximum atomic E-state index is 13.3. The van der Waals surface area contributed by atoms with Crippen LogP contribution in [0.3, 0.4) is 0 Å². The van der Waals surface area contributed by atoms with Crippen molar-refractivity contribution in [2.45, 2.75) is 18.9 Å². The molecule has 3 aromatic rings. The van der Waals surface area contributed by atoms with Crippen LogP contribution in [-0.4, -0.2) is 33.6 Å². The second-order valence-corrected chi connectivity index (χ2v) is 8.62. The van der Waals surface area contributed by atoms with Crippen LogP contribution in [0.15, 0.2) is 53.0 Å². The summed E-state index contributed by atoms with van der Waals surface area (Å²) in [6, 6.07) is 12.5. The molecule has 3 amide bonds. The number of nitrogens with zero attached hydrogens (tertiary/aromatic N) is 3. The fourth-order valence-electron chi connectivity index (χ4n) is 3.21. The minimum Gasteiger partial charge on any atom is -0.320 e. The standard InChI is InChI=1S/C20H17BrFN5O2S/c21-12-6-8-14(9-7-12)24-20(29)27-10-2-5-16(27)18-25-26-19(30-18)17(28)23-15-4-1-3-13(22)11-15/h1,3-4,6-9,11,16H,2,5,10H2,(H,23,28)(H,24,29). The normalized spacial score (nSPS) is 15.8. The Hall–Kier alpha value is -2.85. The zero-order valence-corrected chi connectivity index (χ0v) is 18.0. The molecule has 1 unspecified atom stereocenters. The number of urea groups is 1. The lowest BCUT2D eigenvalue weighted by atomic mass is 10.2. The Labute approximate surface area is 184 Å². The van der Waals surface area contributed by atoms with Crippen LogP contribution in [0, 0.1) is 5.82 Å². The Kier molecular flexibility index (Phi) is 6.05. The number of rotatable bonds is 4. The van der Waals surface area contributed by atoms with Gasteiger partial charge in [0, 0.05) is 22.4 Å². The molecule has 2 aromatic carbocycles. The maximum Gasteiger partial charge on any atom is 0.322 e. The highest BCUT2D eigenvalue weighted by Crippen LogP contribution is 2.34. The summed E-state index contributed by atoms with van der Waals surface area (Å²) >= 11 is 4.50. The summed E-state index contributed by atoms with van der Waals surface area (Å²) < 4.78 is 14.2. The molecule has 30 heavy (non-hydrogen) atoms. The van der Waals surface area contributed by atoms with E-state index in [2.05, 4.69) is 36.8 Å². The van der Waals surface area contributed by atoms with Gasteiger partial charge in [0.15, 0.2) is 0 Å². The Bertz CT molecular complexity index is 1080. The molecule has 1 aliphatic rings. The first kappa shape index (κ1) is 20.4. The maximum absolute atomic E-state index is 13.3. The predicted octanol–water partition coefficient (Wildman–Crippen LogP) is 5.06. The van der Waals surface area contributed by atoms with Crippen molar-refractivity contribution in [3.8, 4) is 0 Å². The number of amides is 3. The molecule has 154 valence electrons. The van der Waals surface area contributed by atoms with Crippen molar-refractivity contribution in [3.05, 3.63) is 68.8 Å². The third kappa shape index (κ3) is 4.65. The summed E-state index contributed by atoms with van der Waals surface area (Å²) in [7, 11) is 0. The summed E-state index contributed by atoms with van der Waals surface area (Å²) in [4.78, 5) is 26.9. The van der Waals surface area contributed by atoms with Gasteiger partial charge >= 0.3 is 6.03 Å². The molecule has 1 aromatic heterocycles. The number of hydrogen-bond donors (Lipinski definition) is 2. The number of halogens is 2. The van der Waals surface area contributed by atoms with Crippen LogP contribution in [0.2, 0.25) is 0 Å². The van der Waals surface area contributed by atoms with Gasteiger partial charge in [-0.1, -0.05) is 33.3 Å². The average Bonchev–Trinajstić information content (AvgIpc) is 3.39. The van der Waals surface area contributed by atoms with E-state index < -0.39 is 11.7 Å². The van der Waals surface area contributed by atoms with E-state index in [-0.39, 0.29) is 17.1 Å². The Morgan fingerprint density at radius 2 is 1.90 bits per heavy atom. The lowest BCUT2D eigenvalue weighted by Crippen LogP contribution is -2.34. The van der Waals surface area contributed by atoms with Crippen LogP contribution in [0.4, 0.5) is 20.6 Å². The highest BCUT2D eigenvalue weighted by atomic mass is 79.9. The van der Waals surface area contributed by atoms with Gasteiger partial charge in [-0.05, 0) is 55.3 Å². The summed E-state index contributed by atoms with van der Waals surface area (Å²) in [5.41, 5.74) is 1.04. The van der Waals surface area contributed by atoms with Crippen LogP contribution >= 0.6 is 27.3 Å². The topological polar surface area (TPSA) is 87.2 Å². The van der Waals surface area contributed by atoms with Gasteiger partial charge in [0.1, 0.15) is 10.8 Å². The molecule has 0 radical (unpaired) electrons. The second kappa shape index (κ2) is 8.88. The van der Waals surface area contributed by atoms with Crippen LogP contribution in [0.25, 0.3) is 0 Å². The van der Waals surface area contributed by atoms with Gasteiger partial charge in [-0.15, -0.1) is 10.2 Å². The summed E-state index contributed by atoms with van der Waals surface area (Å²) in [6.45, 7) is 0.595. The first-order valence-electron chi connectivity index (χ1n) is 9.23. The molecule has 2 N–H and O–H groups in total. The van der Waals surface area contributed by atoms with E-state index in [1.807, 2.05) is 24.3 Å². The van der Waals surface area contributed by atoms with E-state index in [1.54, 1.807) is 11.0 Å². The van der Waals surface area contributed by atoms with E-state index in [4.69, 9.17) is 0 Å². The number of benzene rings is 2. The minimum atomic E-state index is -0.465. The van der Waals surface area contributed by atoms with Gasteiger partial charge in [0.05, 0.1) is 6.04 Å². The van der Waals surface area contributed by atoms with Crippen molar-refractivity contribution in [2.24, 2.45) is 0 Å². The smallest absolute Gasteiger partial charge is 0.320 e. The molecular formula is C20H17BrFN5O2S. The first-order chi connectivity index (χ1) is 14.5. The summed E-state index contributed by atoms with van der Waals surface area (Å²) in [5.74, 6) is -0.905. The van der Waals surface area contributed by atoms with Gasteiger partial charge in [-0.25, -0.2) is 9.18 Å². The van der Waals surface area contributed by atoms with E-state index >= 15 is 0 Å². The van der Waals surface area contributed by atoms with Crippen LogP contribution in [0.5, 0.6) is 0 Å². The van der Waals surface area contributed by atoms with Crippen LogP contribution < -0.4 is 10.6 Å². The van der Waals surface area contributed by atoms with Crippen molar-refractivity contribution in [3.63, 3.8) is 0 Å². The van der Waals surface area contributed by atoms with Crippen molar-refractivity contribution < 1.29 is 14.0 Å². The minimum absolute atomic E-state index is 0.162. The molecule has 1 saturated heterocycles. The second-order valence-electron chi connectivity index (χ2n) is 6.70. The number of hydrogen-bond acceptors (Lipinski definition) is 5.